The minimum absolute atomic E-state index is 0.0699. The van der Waals surface area contributed by atoms with Crippen LogP contribution in [0.25, 0.3) is 0 Å². The maximum atomic E-state index is 11.7. The highest BCUT2D eigenvalue weighted by atomic mass is 32.1. The molecule has 98 heavy (non-hydrogen) atoms. The van der Waals surface area contributed by atoms with E-state index in [0.717, 1.165) is 122 Å². The fourth-order valence-corrected chi connectivity index (χ4v) is 12.6. The summed E-state index contributed by atoms with van der Waals surface area (Å²) in [6.07, 6.45) is -1.46. The summed E-state index contributed by atoms with van der Waals surface area (Å²) < 4.78 is 40.8. The van der Waals surface area contributed by atoms with Crippen LogP contribution < -0.4 is 32.7 Å². The number of aldehydes is 1. The molecule has 0 unspecified atom stereocenters. The summed E-state index contributed by atoms with van der Waals surface area (Å²) in [4.78, 5) is 113. The molecule has 0 spiro atoms. The van der Waals surface area contributed by atoms with Crippen LogP contribution in [0, 0.1) is 41.5 Å². The number of rotatable bonds is 14. The van der Waals surface area contributed by atoms with Gasteiger partial charge in [-0.1, -0.05) is 56.7 Å². The van der Waals surface area contributed by atoms with E-state index in [2.05, 4.69) is 61.0 Å². The second-order valence-corrected chi connectivity index (χ2v) is 31.3. The zero-order valence-electron chi connectivity index (χ0n) is 59.5. The molecule has 0 aromatic carbocycles. The molecule has 8 rings (SSSR count). The van der Waals surface area contributed by atoms with Crippen LogP contribution in [0.2, 0.25) is 0 Å². The van der Waals surface area contributed by atoms with Crippen LogP contribution >= 0.6 is 68.0 Å². The average Bonchev–Trinajstić information content (AvgIpc) is 1.74. The molecular formula is C62H96N14O16S6. The largest absolute Gasteiger partial charge is 0.462 e. The number of nitrogens with zero attached hydrogens (tertiary/aromatic N) is 8. The van der Waals surface area contributed by atoms with Gasteiger partial charge in [-0.2, -0.15) is 0 Å². The Bertz CT molecular complexity index is 3520. The summed E-state index contributed by atoms with van der Waals surface area (Å²) >= 11 is 7.68. The highest BCUT2D eigenvalue weighted by molar-refractivity contribution is 7.18. The van der Waals surface area contributed by atoms with E-state index >= 15 is 0 Å². The molecule has 0 bridgehead atoms. The van der Waals surface area contributed by atoms with Crippen LogP contribution in [0.5, 0.6) is 0 Å². The van der Waals surface area contributed by atoms with Gasteiger partial charge in [-0.15, -0.1) is 11.3 Å². The second-order valence-electron chi connectivity index (χ2n) is 25.0. The minimum atomic E-state index is -0.600. The van der Waals surface area contributed by atoms with Crippen molar-refractivity contribution in [3.63, 3.8) is 0 Å². The van der Waals surface area contributed by atoms with Crippen LogP contribution in [0.3, 0.4) is 0 Å². The summed E-state index contributed by atoms with van der Waals surface area (Å²) in [6, 6.07) is 0. The molecule has 0 radical (unpaired) electrons. The number of nitrogens with one attached hydrogen (secondary N) is 4. The number of carbonyl (C=O) groups excluding carboxylic acids is 7. The number of amides is 4. The number of aryl methyl sites for hydroxylation is 6. The Kier molecular flexibility index (Phi) is 34.9. The summed E-state index contributed by atoms with van der Waals surface area (Å²) in [7, 11) is 0. The first-order valence-corrected chi connectivity index (χ1v) is 35.8. The lowest BCUT2D eigenvalue weighted by Gasteiger charge is -2.25. The van der Waals surface area contributed by atoms with Gasteiger partial charge < -0.3 is 54.5 Å². The molecule has 6 aromatic heterocycles. The van der Waals surface area contributed by atoms with Gasteiger partial charge in [0.15, 0.2) is 37.1 Å². The Balaban J connectivity index is 0.000000309. The first kappa shape index (κ1) is 85.1. The quantitative estimate of drug-likeness (QED) is 0.0302. The summed E-state index contributed by atoms with van der Waals surface area (Å²) in [6.45, 7) is 45.4. The summed E-state index contributed by atoms with van der Waals surface area (Å²) in [5, 5.41) is 22.0. The van der Waals surface area contributed by atoms with Gasteiger partial charge in [-0.25, -0.2) is 58.7 Å². The molecule has 36 heteroatoms. The van der Waals surface area contributed by atoms with Crippen molar-refractivity contribution in [3.05, 3.63) is 63.4 Å². The lowest BCUT2D eigenvalue weighted by atomic mass is 10.2. The SMILES string of the molecule is CCOC(=O)c1sc(N)nc1C.CCOC(=O)c1sc(NC(=O)OC(C)(C)C)nc1C.Cc1nc(N)sc1CN1CCOCC1.Cc1nc(NC(=O)OC(C)(C)C)sc1C=O.Cc1nc(NC(=O)OC(C)(C)C)sc1CN1CCOCC1.Cc1nc(NC(=O)OC(C)(C)C)sc1CO. The number of aromatic nitrogens is 6. The van der Waals surface area contributed by atoms with Gasteiger partial charge in [0.2, 0.25) is 0 Å². The molecule has 2 aliphatic heterocycles. The van der Waals surface area contributed by atoms with E-state index in [-0.39, 0.29) is 12.6 Å². The average molecular weight is 1490 g/mol. The van der Waals surface area contributed by atoms with E-state index in [0.29, 0.717) is 82.0 Å². The number of aliphatic hydroxyl groups is 1. The molecule has 0 atom stereocenters. The number of carbonyl (C=O) groups is 7. The van der Waals surface area contributed by atoms with Gasteiger partial charge in [0.05, 0.1) is 90.2 Å². The number of anilines is 6. The van der Waals surface area contributed by atoms with Crippen molar-refractivity contribution < 1.29 is 76.6 Å². The fraction of sp³-hybridized carbons (Fsp3) is 0.597. The van der Waals surface area contributed by atoms with Crippen LogP contribution in [0.4, 0.5) is 50.0 Å². The van der Waals surface area contributed by atoms with Crippen LogP contribution in [-0.2, 0) is 57.6 Å². The normalized spacial score (nSPS) is 13.2. The number of esters is 2. The summed E-state index contributed by atoms with van der Waals surface area (Å²) in [5.41, 5.74) is 13.4. The fourth-order valence-electron chi connectivity index (χ4n) is 7.55. The van der Waals surface area contributed by atoms with Gasteiger partial charge in [0.25, 0.3) is 0 Å². The smallest absolute Gasteiger partial charge is 0.413 e. The number of ether oxygens (including phenoxy) is 8. The van der Waals surface area contributed by atoms with Crippen LogP contribution in [-0.4, -0.2) is 176 Å². The van der Waals surface area contributed by atoms with Crippen molar-refractivity contribution in [1.29, 1.82) is 0 Å². The molecule has 0 aliphatic carbocycles. The molecule has 2 aliphatic rings. The number of nitrogen functional groups attached to an aromatic ring is 2. The zero-order chi connectivity index (χ0) is 73.9. The standard InChI is InChI=1S/C14H23N3O3S.C12H18N2O4S.C10H16N2O3S.C10H14N2O3S.C9H15N3OS.C7H10N2O2S/c1-10-11(9-17-5-7-19-8-6-17)21-12(15-10)16-13(18)20-14(2,3)4;1-6-17-9(15)8-7(2)13-10(19-8)14-11(16)18-12(3,4)5;2*1-6-7(5-13)16-8(11-6)12-9(14)15-10(2,3)4;1-7-8(14-9(10)11-7)6-12-2-4-13-5-3-12;1-3-11-6(10)5-4(2)9-7(8)12-5/h5-9H2,1-4H3,(H,15,16,18);6H2,1-5H3,(H,13,14,16);13H,5H2,1-4H3,(H,11,12,14);5H,1-4H3,(H,11,12,14);2-6H2,1H3,(H2,10,11);3H2,1-2H3,(H2,8,9). The Labute approximate surface area is 596 Å². The van der Waals surface area contributed by atoms with Crippen molar-refractivity contribution in [1.82, 2.24) is 39.7 Å². The van der Waals surface area contributed by atoms with E-state index in [9.17, 15) is 33.6 Å². The molecule has 4 amide bonds. The lowest BCUT2D eigenvalue weighted by molar-refractivity contribution is 0.0345. The van der Waals surface area contributed by atoms with Gasteiger partial charge in [-0.05, 0) is 138 Å². The highest BCUT2D eigenvalue weighted by Crippen LogP contribution is 2.29. The van der Waals surface area contributed by atoms with E-state index in [1.807, 2.05) is 34.6 Å². The second kappa shape index (κ2) is 40.2. The Morgan fingerprint density at radius 2 is 0.765 bits per heavy atom. The maximum Gasteiger partial charge on any atom is 0.413 e. The molecule has 30 nitrogen and oxygen atoms in total. The number of nitrogens with two attached hydrogens (primary N) is 2. The van der Waals surface area contributed by atoms with Crippen molar-refractivity contribution in [3.8, 4) is 0 Å². The number of aliphatic hydroxyl groups excluding tert-OH is 1. The Morgan fingerprint density at radius 3 is 1.09 bits per heavy atom. The predicted octanol–water partition coefficient (Wildman–Crippen LogP) is 12.6. The van der Waals surface area contributed by atoms with E-state index in [1.54, 1.807) is 115 Å². The van der Waals surface area contributed by atoms with E-state index in [4.69, 9.17) is 54.5 Å². The number of hydrogen-bond donors (Lipinski definition) is 7. The number of morpholine rings is 2. The Morgan fingerprint density at radius 1 is 0.459 bits per heavy atom. The van der Waals surface area contributed by atoms with E-state index < -0.39 is 52.7 Å². The van der Waals surface area contributed by atoms with Crippen molar-refractivity contribution in [2.45, 2.75) is 181 Å². The van der Waals surface area contributed by atoms with Gasteiger partial charge >= 0.3 is 36.3 Å². The highest BCUT2D eigenvalue weighted by Gasteiger charge is 2.25. The lowest BCUT2D eigenvalue weighted by Crippen LogP contribution is -2.35. The third kappa shape index (κ3) is 33.6. The predicted molar refractivity (Wildman–Crippen MR) is 385 cm³/mol. The monoisotopic (exact) mass is 1480 g/mol. The third-order valence-corrected chi connectivity index (χ3v) is 17.8. The first-order valence-electron chi connectivity index (χ1n) is 30.9. The number of thiazole rings is 6. The maximum absolute atomic E-state index is 11.7. The molecule has 2 fully saturated rings. The van der Waals surface area contributed by atoms with Crippen molar-refractivity contribution >= 4 is 141 Å². The first-order chi connectivity index (χ1) is 45.6. The molecule has 2 saturated heterocycles. The molecule has 0 saturated carbocycles. The number of hydrogen-bond acceptors (Lipinski definition) is 32. The van der Waals surface area contributed by atoms with Crippen LogP contribution in [0.1, 0.15) is 175 Å². The minimum Gasteiger partial charge on any atom is -0.462 e. The van der Waals surface area contributed by atoms with Gasteiger partial charge in [0, 0.05) is 49.0 Å². The van der Waals surface area contributed by atoms with Crippen molar-refractivity contribution in [2.24, 2.45) is 0 Å². The molecule has 6 aromatic rings. The van der Waals surface area contributed by atoms with Gasteiger partial charge in [-0.3, -0.25) is 35.9 Å². The van der Waals surface area contributed by atoms with E-state index in [1.165, 1.54) is 32.4 Å². The molecule has 8 heterocycles. The molecular weight excluding hydrogens is 1390 g/mol. The zero-order valence-corrected chi connectivity index (χ0v) is 64.4. The topological polar surface area (TPSA) is 398 Å². The molecule has 546 valence electrons. The summed E-state index contributed by atoms with van der Waals surface area (Å²) in [5.74, 6) is -0.779. The van der Waals surface area contributed by atoms with Crippen molar-refractivity contribution in [2.75, 3.05) is 98.6 Å². The Hall–Kier alpha value is -7.13. The third-order valence-electron chi connectivity index (χ3n) is 11.7. The van der Waals surface area contributed by atoms with Crippen LogP contribution in [0.15, 0.2) is 0 Å². The van der Waals surface area contributed by atoms with Gasteiger partial charge in [0.1, 0.15) is 32.2 Å². The molecule has 9 N–H and O–H groups in total.